The molecular weight excluding hydrogens is 394 g/mol. The van der Waals surface area contributed by atoms with Crippen LogP contribution in [0.4, 0.5) is 0 Å². The Morgan fingerprint density at radius 2 is 1.34 bits per heavy atom. The predicted molar refractivity (Wildman–Crippen MR) is 129 cm³/mol. The van der Waals surface area contributed by atoms with E-state index in [2.05, 4.69) is 72.5 Å². The van der Waals surface area contributed by atoms with Gasteiger partial charge in [0.05, 0.1) is 5.92 Å². The smallest absolute Gasteiger partial charge is 0.309 e. The van der Waals surface area contributed by atoms with Gasteiger partial charge in [-0.15, -0.1) is 0 Å². The van der Waals surface area contributed by atoms with Crippen LogP contribution in [0, 0.1) is 5.92 Å². The topological polar surface area (TPSA) is 29.5 Å². The van der Waals surface area contributed by atoms with E-state index in [1.54, 1.807) is 0 Å². The van der Waals surface area contributed by atoms with Crippen LogP contribution in [-0.4, -0.2) is 16.9 Å². The highest BCUT2D eigenvalue weighted by molar-refractivity contribution is 5.72. The summed E-state index contributed by atoms with van der Waals surface area (Å²) in [6.07, 6.45) is 3.83. The minimum Gasteiger partial charge on any atom is -0.461 e. The van der Waals surface area contributed by atoms with Crippen molar-refractivity contribution in [3.63, 3.8) is 0 Å². The lowest BCUT2D eigenvalue weighted by molar-refractivity contribution is -0.151. The van der Waals surface area contributed by atoms with Gasteiger partial charge in [-0.2, -0.15) is 0 Å². The summed E-state index contributed by atoms with van der Waals surface area (Å²) >= 11 is 0. The highest BCUT2D eigenvalue weighted by Gasteiger charge is 2.32. The molecule has 166 valence electrons. The molecule has 1 saturated carbocycles. The summed E-state index contributed by atoms with van der Waals surface area (Å²) < 4.78 is 5.62. The van der Waals surface area contributed by atoms with Crippen molar-refractivity contribution < 1.29 is 9.53 Å². The SMILES string of the molecule is C[C@H](c1ccccc1)N(Cc1ccccc1)[C@H]1CC[C@H](C(=O)OCc2ccccc2)CC1. The molecule has 1 fully saturated rings. The minimum atomic E-state index is -0.0435. The Morgan fingerprint density at radius 3 is 1.94 bits per heavy atom. The van der Waals surface area contributed by atoms with Gasteiger partial charge in [0, 0.05) is 18.6 Å². The highest BCUT2D eigenvalue weighted by Crippen LogP contribution is 2.34. The van der Waals surface area contributed by atoms with Crippen LogP contribution in [0.3, 0.4) is 0 Å². The fraction of sp³-hybridized carbons (Fsp3) is 0.345. The lowest BCUT2D eigenvalue weighted by Gasteiger charge is -2.40. The Labute approximate surface area is 192 Å². The third-order valence-electron chi connectivity index (χ3n) is 6.71. The van der Waals surface area contributed by atoms with E-state index in [0.717, 1.165) is 37.8 Å². The van der Waals surface area contributed by atoms with Gasteiger partial charge in [0.25, 0.3) is 0 Å². The lowest BCUT2D eigenvalue weighted by atomic mass is 9.84. The molecule has 1 aliphatic rings. The van der Waals surface area contributed by atoms with Crippen molar-refractivity contribution in [2.24, 2.45) is 5.92 Å². The van der Waals surface area contributed by atoms with Gasteiger partial charge in [-0.05, 0) is 49.3 Å². The van der Waals surface area contributed by atoms with Gasteiger partial charge < -0.3 is 4.74 Å². The van der Waals surface area contributed by atoms with Crippen molar-refractivity contribution in [3.05, 3.63) is 108 Å². The standard InChI is InChI=1S/C29H33NO2/c1-23(26-15-9-4-10-16-26)30(21-24-11-5-2-6-12-24)28-19-17-27(18-20-28)29(31)32-22-25-13-7-3-8-14-25/h2-16,23,27-28H,17-22H2,1H3/t23-,27-,28-/m1/s1. The number of hydrogen-bond donors (Lipinski definition) is 0. The molecule has 4 rings (SSSR count). The zero-order valence-electron chi connectivity index (χ0n) is 18.9. The maximum Gasteiger partial charge on any atom is 0.309 e. The Balaban J connectivity index is 1.39. The molecule has 3 aromatic carbocycles. The molecule has 3 heteroatoms. The van der Waals surface area contributed by atoms with E-state index in [1.807, 2.05) is 30.3 Å². The Kier molecular flexibility index (Phi) is 7.73. The van der Waals surface area contributed by atoms with Crippen LogP contribution in [0.2, 0.25) is 0 Å². The molecule has 1 atom stereocenters. The molecule has 1 aliphatic carbocycles. The number of ether oxygens (including phenoxy) is 1. The van der Waals surface area contributed by atoms with Gasteiger partial charge >= 0.3 is 5.97 Å². The molecule has 0 unspecified atom stereocenters. The zero-order valence-corrected chi connectivity index (χ0v) is 18.9. The van der Waals surface area contributed by atoms with Gasteiger partial charge in [0.1, 0.15) is 6.61 Å². The number of hydrogen-bond acceptors (Lipinski definition) is 3. The Hall–Kier alpha value is -2.91. The largest absolute Gasteiger partial charge is 0.461 e. The van der Waals surface area contributed by atoms with Crippen LogP contribution in [0.5, 0.6) is 0 Å². The fourth-order valence-electron chi connectivity index (χ4n) is 4.79. The van der Waals surface area contributed by atoms with Crippen molar-refractivity contribution in [3.8, 4) is 0 Å². The van der Waals surface area contributed by atoms with E-state index in [-0.39, 0.29) is 11.9 Å². The molecule has 3 aromatic rings. The monoisotopic (exact) mass is 427 g/mol. The first-order valence-corrected chi connectivity index (χ1v) is 11.8. The molecular formula is C29H33NO2. The van der Waals surface area contributed by atoms with E-state index < -0.39 is 0 Å². The molecule has 0 bridgehead atoms. The second-order valence-electron chi connectivity index (χ2n) is 8.84. The van der Waals surface area contributed by atoms with Gasteiger partial charge in [0.15, 0.2) is 0 Å². The molecule has 0 heterocycles. The first-order valence-electron chi connectivity index (χ1n) is 11.8. The van der Waals surface area contributed by atoms with Crippen LogP contribution in [-0.2, 0) is 22.7 Å². The third-order valence-corrected chi connectivity index (χ3v) is 6.71. The van der Waals surface area contributed by atoms with Crippen molar-refractivity contribution >= 4 is 5.97 Å². The Morgan fingerprint density at radius 1 is 0.812 bits per heavy atom. The number of carbonyl (C=O) groups is 1. The average molecular weight is 428 g/mol. The summed E-state index contributed by atoms with van der Waals surface area (Å²) in [6.45, 7) is 3.59. The summed E-state index contributed by atoms with van der Waals surface area (Å²) in [5, 5.41) is 0. The maximum absolute atomic E-state index is 12.7. The maximum atomic E-state index is 12.7. The minimum absolute atomic E-state index is 0.0144. The number of carbonyl (C=O) groups excluding carboxylic acids is 1. The number of rotatable bonds is 8. The summed E-state index contributed by atoms with van der Waals surface area (Å²) in [5.74, 6) is -0.0291. The summed E-state index contributed by atoms with van der Waals surface area (Å²) in [7, 11) is 0. The fourth-order valence-corrected chi connectivity index (χ4v) is 4.79. The van der Waals surface area contributed by atoms with E-state index >= 15 is 0 Å². The van der Waals surface area contributed by atoms with E-state index in [0.29, 0.717) is 18.7 Å². The van der Waals surface area contributed by atoms with Crippen molar-refractivity contribution in [1.29, 1.82) is 0 Å². The molecule has 0 N–H and O–H groups in total. The molecule has 0 amide bonds. The van der Waals surface area contributed by atoms with Gasteiger partial charge in [-0.1, -0.05) is 91.0 Å². The van der Waals surface area contributed by atoms with Crippen LogP contribution in [0.15, 0.2) is 91.0 Å². The van der Waals surface area contributed by atoms with Crippen LogP contribution in [0.1, 0.15) is 55.3 Å². The molecule has 0 aliphatic heterocycles. The Bertz CT molecular complexity index is 950. The molecule has 0 saturated heterocycles. The van der Waals surface area contributed by atoms with Crippen molar-refractivity contribution in [1.82, 2.24) is 4.90 Å². The summed E-state index contributed by atoms with van der Waals surface area (Å²) in [4.78, 5) is 15.3. The lowest BCUT2D eigenvalue weighted by Crippen LogP contribution is -2.40. The summed E-state index contributed by atoms with van der Waals surface area (Å²) in [5.41, 5.74) is 3.72. The molecule has 0 aromatic heterocycles. The highest BCUT2D eigenvalue weighted by atomic mass is 16.5. The first-order chi connectivity index (χ1) is 15.7. The molecule has 0 radical (unpaired) electrons. The number of benzene rings is 3. The van der Waals surface area contributed by atoms with Crippen molar-refractivity contribution in [2.75, 3.05) is 0 Å². The normalized spacial score (nSPS) is 19.4. The van der Waals surface area contributed by atoms with E-state index in [1.165, 1.54) is 11.1 Å². The van der Waals surface area contributed by atoms with Crippen LogP contribution in [0.25, 0.3) is 0 Å². The molecule has 32 heavy (non-hydrogen) atoms. The number of esters is 1. The van der Waals surface area contributed by atoms with Gasteiger partial charge in [-0.25, -0.2) is 0 Å². The molecule has 0 spiro atoms. The third kappa shape index (κ3) is 5.86. The first kappa shape index (κ1) is 22.3. The van der Waals surface area contributed by atoms with Crippen LogP contribution < -0.4 is 0 Å². The quantitative estimate of drug-likeness (QED) is 0.382. The average Bonchev–Trinajstić information content (AvgIpc) is 2.87. The van der Waals surface area contributed by atoms with Crippen LogP contribution >= 0.6 is 0 Å². The van der Waals surface area contributed by atoms with Gasteiger partial charge in [0.2, 0.25) is 0 Å². The zero-order chi connectivity index (χ0) is 22.2. The van der Waals surface area contributed by atoms with Gasteiger partial charge in [-0.3, -0.25) is 9.69 Å². The van der Waals surface area contributed by atoms with Crippen molar-refractivity contribution in [2.45, 2.75) is 57.8 Å². The van der Waals surface area contributed by atoms with E-state index in [9.17, 15) is 4.79 Å². The number of nitrogens with zero attached hydrogens (tertiary/aromatic N) is 1. The predicted octanol–water partition coefficient (Wildman–Crippen LogP) is 6.55. The second-order valence-corrected chi connectivity index (χ2v) is 8.84. The summed E-state index contributed by atoms with van der Waals surface area (Å²) in [6, 6.07) is 32.2. The molecule has 3 nitrogen and oxygen atoms in total. The second kappa shape index (κ2) is 11.1. The van der Waals surface area contributed by atoms with E-state index in [4.69, 9.17) is 4.74 Å².